The number of anilines is 1. The smallest absolute Gasteiger partial charge is 0.183 e. The largest absolute Gasteiger partial charge is 0.379 e. The Hall–Kier alpha value is -2.58. The molecular weight excluding hydrogens is 466 g/mol. The minimum Gasteiger partial charge on any atom is -0.379 e. The highest BCUT2D eigenvalue weighted by atomic mass is 16.5. The first-order valence-electron chi connectivity index (χ1n) is 13.5. The van der Waals surface area contributed by atoms with E-state index in [0.717, 1.165) is 37.6 Å². The van der Waals surface area contributed by atoms with Crippen LogP contribution in [-0.4, -0.2) is 99.6 Å². The fourth-order valence-electron chi connectivity index (χ4n) is 5.53. The van der Waals surface area contributed by atoms with Gasteiger partial charge in [0.15, 0.2) is 5.78 Å². The summed E-state index contributed by atoms with van der Waals surface area (Å²) in [6, 6.07) is 17.8. The van der Waals surface area contributed by atoms with Crippen LogP contribution in [0.4, 0.5) is 5.69 Å². The van der Waals surface area contributed by atoms with E-state index in [-0.39, 0.29) is 17.6 Å². The fraction of sp³-hybridized carbons (Fsp3) is 0.533. The van der Waals surface area contributed by atoms with Gasteiger partial charge in [0.1, 0.15) is 5.78 Å². The monoisotopic (exact) mass is 507 g/mol. The molecule has 7 nitrogen and oxygen atoms in total. The number of hydrogen-bond acceptors (Lipinski definition) is 7. The van der Waals surface area contributed by atoms with Crippen LogP contribution in [0.3, 0.4) is 0 Å². The normalized spacial score (nSPS) is 19.4. The summed E-state index contributed by atoms with van der Waals surface area (Å²) in [6.45, 7) is 7.67. The Kier molecular flexibility index (Phi) is 9.49. The first-order valence-corrected chi connectivity index (χ1v) is 13.5. The Balaban J connectivity index is 1.70. The molecule has 0 saturated carbocycles. The van der Waals surface area contributed by atoms with E-state index < -0.39 is 5.54 Å². The molecule has 0 N–H and O–H groups in total. The van der Waals surface area contributed by atoms with Crippen LogP contribution in [-0.2, 0) is 20.7 Å². The minimum absolute atomic E-state index is 0.0528. The number of nitrogens with zero attached hydrogens (tertiary/aromatic N) is 3. The third-order valence-corrected chi connectivity index (χ3v) is 7.86. The topological polar surface area (TPSA) is 62.3 Å². The molecule has 2 fully saturated rings. The van der Waals surface area contributed by atoms with Crippen LogP contribution < -0.4 is 4.90 Å². The number of Topliss-reactive ketones (excluding diaryl/α,β-unsaturated/α-hetero) is 2. The predicted octanol–water partition coefficient (Wildman–Crippen LogP) is 3.32. The first kappa shape index (κ1) is 27.5. The van der Waals surface area contributed by atoms with Gasteiger partial charge < -0.3 is 14.4 Å². The van der Waals surface area contributed by atoms with Crippen molar-refractivity contribution >= 4 is 17.3 Å². The molecule has 0 spiro atoms. The van der Waals surface area contributed by atoms with E-state index in [4.69, 9.17) is 9.47 Å². The van der Waals surface area contributed by atoms with Crippen LogP contribution in [0.2, 0.25) is 0 Å². The average Bonchev–Trinajstić information content (AvgIpc) is 2.96. The Morgan fingerprint density at radius 2 is 1.49 bits per heavy atom. The predicted molar refractivity (Wildman–Crippen MR) is 146 cm³/mol. The Morgan fingerprint density at radius 1 is 0.892 bits per heavy atom. The molecule has 0 bridgehead atoms. The van der Waals surface area contributed by atoms with Gasteiger partial charge in [-0.05, 0) is 56.8 Å². The van der Waals surface area contributed by atoms with Crippen molar-refractivity contribution in [2.45, 2.75) is 37.8 Å². The van der Waals surface area contributed by atoms with Crippen molar-refractivity contribution in [1.29, 1.82) is 0 Å². The molecule has 37 heavy (non-hydrogen) atoms. The van der Waals surface area contributed by atoms with Crippen molar-refractivity contribution in [1.82, 2.24) is 9.80 Å². The van der Waals surface area contributed by atoms with Crippen LogP contribution in [0.15, 0.2) is 54.6 Å². The van der Waals surface area contributed by atoms with E-state index >= 15 is 0 Å². The van der Waals surface area contributed by atoms with Crippen molar-refractivity contribution in [3.63, 3.8) is 0 Å². The molecule has 4 rings (SSSR count). The number of benzene rings is 2. The van der Waals surface area contributed by atoms with Crippen LogP contribution in [0, 0.1) is 0 Å². The zero-order chi connectivity index (χ0) is 26.3. The molecule has 200 valence electrons. The number of ketones is 2. The van der Waals surface area contributed by atoms with Crippen LogP contribution >= 0.6 is 0 Å². The summed E-state index contributed by atoms with van der Waals surface area (Å²) in [6.07, 6.45) is 1.41. The SMILES string of the molecule is CCC(=O)C(CC(Cc1ccccc1)(C(=O)c1ccc(N2CCOCC2)cc1)N(C)C)N1CCOCC1. The maximum Gasteiger partial charge on any atom is 0.183 e. The molecule has 0 aromatic heterocycles. The van der Waals surface area contributed by atoms with E-state index in [1.54, 1.807) is 0 Å². The zero-order valence-electron chi connectivity index (χ0n) is 22.5. The molecule has 0 aliphatic carbocycles. The molecule has 2 aromatic carbocycles. The van der Waals surface area contributed by atoms with Gasteiger partial charge in [0.25, 0.3) is 0 Å². The average molecular weight is 508 g/mol. The lowest BCUT2D eigenvalue weighted by molar-refractivity contribution is -0.127. The molecule has 7 heteroatoms. The number of carbonyl (C=O) groups excluding carboxylic acids is 2. The maximum absolute atomic E-state index is 14.5. The molecule has 0 amide bonds. The number of likely N-dealkylation sites (N-methyl/N-ethyl adjacent to an activating group) is 1. The van der Waals surface area contributed by atoms with Crippen molar-refractivity contribution in [3.8, 4) is 0 Å². The van der Waals surface area contributed by atoms with E-state index in [0.29, 0.717) is 51.1 Å². The van der Waals surface area contributed by atoms with Crippen molar-refractivity contribution in [2.24, 2.45) is 0 Å². The van der Waals surface area contributed by atoms with Gasteiger partial charge in [-0.25, -0.2) is 0 Å². The molecule has 2 atom stereocenters. The number of carbonyl (C=O) groups is 2. The molecule has 2 aromatic rings. The second-order valence-electron chi connectivity index (χ2n) is 10.3. The molecule has 2 saturated heterocycles. The lowest BCUT2D eigenvalue weighted by Crippen LogP contribution is -2.59. The quantitative estimate of drug-likeness (QED) is 0.433. The third kappa shape index (κ3) is 6.47. The Labute approximate surface area is 221 Å². The summed E-state index contributed by atoms with van der Waals surface area (Å²) >= 11 is 0. The number of ether oxygens (including phenoxy) is 2. The van der Waals surface area contributed by atoms with Gasteiger partial charge in [0.2, 0.25) is 0 Å². The second kappa shape index (κ2) is 12.8. The van der Waals surface area contributed by atoms with E-state index in [2.05, 4.69) is 21.9 Å². The lowest BCUT2D eigenvalue weighted by atomic mass is 9.76. The highest BCUT2D eigenvalue weighted by molar-refractivity contribution is 6.04. The zero-order valence-corrected chi connectivity index (χ0v) is 22.5. The molecule has 2 aliphatic rings. The summed E-state index contributed by atoms with van der Waals surface area (Å²) in [5.74, 6) is 0.230. The maximum atomic E-state index is 14.5. The number of morpholine rings is 2. The number of hydrogen-bond donors (Lipinski definition) is 0. The fourth-order valence-corrected chi connectivity index (χ4v) is 5.53. The van der Waals surface area contributed by atoms with Crippen molar-refractivity contribution in [3.05, 3.63) is 65.7 Å². The van der Waals surface area contributed by atoms with Crippen molar-refractivity contribution in [2.75, 3.05) is 71.6 Å². The highest BCUT2D eigenvalue weighted by Gasteiger charge is 2.45. The Morgan fingerprint density at radius 3 is 2.05 bits per heavy atom. The molecular formula is C30H41N3O4. The second-order valence-corrected chi connectivity index (χ2v) is 10.3. The molecule has 2 heterocycles. The van der Waals surface area contributed by atoms with Gasteiger partial charge in [-0.15, -0.1) is 0 Å². The number of rotatable bonds is 11. The summed E-state index contributed by atoms with van der Waals surface area (Å²) in [5.41, 5.74) is 1.98. The van der Waals surface area contributed by atoms with Gasteiger partial charge in [-0.1, -0.05) is 37.3 Å². The van der Waals surface area contributed by atoms with Crippen LogP contribution in [0.25, 0.3) is 0 Å². The van der Waals surface area contributed by atoms with E-state index in [9.17, 15) is 9.59 Å². The van der Waals surface area contributed by atoms with Gasteiger partial charge >= 0.3 is 0 Å². The highest BCUT2D eigenvalue weighted by Crippen LogP contribution is 2.32. The Bertz CT molecular complexity index is 1010. The van der Waals surface area contributed by atoms with E-state index in [1.165, 1.54) is 0 Å². The summed E-state index contributed by atoms with van der Waals surface area (Å²) < 4.78 is 11.1. The van der Waals surface area contributed by atoms with Gasteiger partial charge in [-0.3, -0.25) is 19.4 Å². The summed E-state index contributed by atoms with van der Waals surface area (Å²) in [7, 11) is 3.94. The molecule has 2 aliphatic heterocycles. The van der Waals surface area contributed by atoms with Crippen LogP contribution in [0.5, 0.6) is 0 Å². The van der Waals surface area contributed by atoms with Crippen LogP contribution in [0.1, 0.15) is 35.7 Å². The summed E-state index contributed by atoms with van der Waals surface area (Å²) in [5, 5.41) is 0. The molecule has 2 unspecified atom stereocenters. The van der Waals surface area contributed by atoms with Gasteiger partial charge in [0.05, 0.1) is 38.0 Å². The summed E-state index contributed by atoms with van der Waals surface area (Å²) in [4.78, 5) is 34.4. The lowest BCUT2D eigenvalue weighted by Gasteiger charge is -2.44. The molecule has 0 radical (unpaired) electrons. The van der Waals surface area contributed by atoms with Crippen molar-refractivity contribution < 1.29 is 19.1 Å². The third-order valence-electron chi connectivity index (χ3n) is 7.86. The van der Waals surface area contributed by atoms with Gasteiger partial charge in [-0.2, -0.15) is 0 Å². The van der Waals surface area contributed by atoms with E-state index in [1.807, 2.05) is 68.4 Å². The first-order chi connectivity index (χ1) is 17.9. The standard InChI is InChI=1S/C30H41N3O4/c1-4-28(34)27(33-16-20-37-21-17-33)23-30(31(2)3,22-24-8-6-5-7-9-24)29(35)25-10-12-26(13-11-25)32-14-18-36-19-15-32/h5-13,27H,4,14-23H2,1-3H3. The minimum atomic E-state index is -0.879. The van der Waals surface area contributed by atoms with Gasteiger partial charge in [0, 0.05) is 43.9 Å².